The van der Waals surface area contributed by atoms with E-state index in [2.05, 4.69) is 27.6 Å². The lowest BCUT2D eigenvalue weighted by Crippen LogP contribution is -2.27. The molecule has 0 N–H and O–H groups in total. The van der Waals surface area contributed by atoms with E-state index in [0.717, 1.165) is 10.2 Å². The highest BCUT2D eigenvalue weighted by atomic mass is 127. The number of amides is 1. The summed E-state index contributed by atoms with van der Waals surface area (Å²) >= 11 is 2.09. The molecule has 0 spiro atoms. The van der Waals surface area contributed by atoms with Gasteiger partial charge in [0.1, 0.15) is 5.76 Å². The minimum absolute atomic E-state index is 0.0366. The molecule has 0 aliphatic rings. The van der Waals surface area contributed by atoms with E-state index in [-0.39, 0.29) is 5.91 Å². The minimum Gasteiger partial charge on any atom is -0.451 e. The van der Waals surface area contributed by atoms with Gasteiger partial charge in [-0.3, -0.25) is 9.78 Å². The average Bonchev–Trinajstić information content (AvgIpc) is 2.89. The first kappa shape index (κ1) is 14.8. The summed E-state index contributed by atoms with van der Waals surface area (Å²) in [6, 6.07) is 7.61. The van der Waals surface area contributed by atoms with Gasteiger partial charge in [-0.2, -0.15) is 0 Å². The average molecular weight is 382 g/mol. The Morgan fingerprint density at radius 1 is 1.35 bits per heavy atom. The van der Waals surface area contributed by atoms with Crippen LogP contribution in [0.5, 0.6) is 0 Å². The number of likely N-dealkylation sites (N-methyl/N-ethyl adjacent to an activating group) is 1. The molecule has 0 bridgehead atoms. The van der Waals surface area contributed by atoms with Gasteiger partial charge >= 0.3 is 0 Å². The number of aromatic nitrogens is 1. The third-order valence-electron chi connectivity index (χ3n) is 2.85. The molecule has 0 atom stereocenters. The van der Waals surface area contributed by atoms with Crippen LogP contribution in [-0.4, -0.2) is 29.4 Å². The Bertz CT molecular complexity index is 593. The van der Waals surface area contributed by atoms with Crippen LogP contribution >= 0.6 is 22.6 Å². The van der Waals surface area contributed by atoms with Gasteiger partial charge in [0, 0.05) is 32.1 Å². The van der Waals surface area contributed by atoms with Crippen LogP contribution in [0.3, 0.4) is 0 Å². The molecule has 104 valence electrons. The van der Waals surface area contributed by atoms with Crippen molar-refractivity contribution in [2.75, 3.05) is 13.6 Å². The molecule has 4 nitrogen and oxygen atoms in total. The second-order valence-corrected chi connectivity index (χ2v) is 5.40. The topological polar surface area (TPSA) is 46.3 Å². The molecule has 0 unspecified atom stereocenters. The molecule has 0 saturated heterocycles. The Morgan fingerprint density at radius 3 is 2.75 bits per heavy atom. The molecule has 0 radical (unpaired) electrons. The highest BCUT2D eigenvalue weighted by molar-refractivity contribution is 14.1. The number of halogens is 1. The van der Waals surface area contributed by atoms with Crippen LogP contribution in [0, 0.1) is 3.77 Å². The quantitative estimate of drug-likeness (QED) is 0.590. The fourth-order valence-electron chi connectivity index (χ4n) is 1.65. The Labute approximate surface area is 131 Å². The zero-order chi connectivity index (χ0) is 14.4. The summed E-state index contributed by atoms with van der Waals surface area (Å²) in [4.78, 5) is 17.6. The predicted molar refractivity (Wildman–Crippen MR) is 86.0 cm³/mol. The lowest BCUT2D eigenvalue weighted by Gasteiger charge is -2.14. The predicted octanol–water partition coefficient (Wildman–Crippen LogP) is 2.99. The summed E-state index contributed by atoms with van der Waals surface area (Å²) in [5.74, 6) is 0.649. The first-order valence-electron chi connectivity index (χ1n) is 6.22. The van der Waals surface area contributed by atoms with E-state index < -0.39 is 0 Å². The van der Waals surface area contributed by atoms with Crippen molar-refractivity contribution in [3.8, 4) is 0 Å². The van der Waals surface area contributed by atoms with Crippen LogP contribution in [-0.2, 0) is 11.2 Å². The second-order valence-electron chi connectivity index (χ2n) is 4.34. The van der Waals surface area contributed by atoms with E-state index in [1.807, 2.05) is 24.3 Å². The van der Waals surface area contributed by atoms with Crippen LogP contribution in [0.25, 0.3) is 6.08 Å². The number of carbonyl (C=O) groups excluding carboxylic acids is 1. The highest BCUT2D eigenvalue weighted by Crippen LogP contribution is 2.11. The Morgan fingerprint density at radius 2 is 2.10 bits per heavy atom. The summed E-state index contributed by atoms with van der Waals surface area (Å²) in [5.41, 5.74) is 1.17. The molecule has 1 amide bonds. The number of hydrogen-bond donors (Lipinski definition) is 0. The number of pyridine rings is 1. The van der Waals surface area contributed by atoms with Gasteiger partial charge in [0.05, 0.1) is 0 Å². The monoisotopic (exact) mass is 382 g/mol. The van der Waals surface area contributed by atoms with Crippen molar-refractivity contribution in [3.63, 3.8) is 0 Å². The zero-order valence-corrected chi connectivity index (χ0v) is 13.3. The van der Waals surface area contributed by atoms with Crippen LogP contribution < -0.4 is 0 Å². The van der Waals surface area contributed by atoms with Crippen molar-refractivity contribution >= 4 is 34.6 Å². The second kappa shape index (κ2) is 7.23. The molecule has 0 aliphatic heterocycles. The van der Waals surface area contributed by atoms with Crippen molar-refractivity contribution in [3.05, 3.63) is 57.8 Å². The van der Waals surface area contributed by atoms with Crippen molar-refractivity contribution in [1.82, 2.24) is 9.88 Å². The molecule has 5 heteroatoms. The van der Waals surface area contributed by atoms with Gasteiger partial charge in [0.15, 0.2) is 3.77 Å². The maximum atomic E-state index is 11.9. The molecular formula is C15H15IN2O2. The maximum absolute atomic E-state index is 11.9. The lowest BCUT2D eigenvalue weighted by atomic mass is 10.2. The number of furan rings is 1. The summed E-state index contributed by atoms with van der Waals surface area (Å²) in [5, 5.41) is 0. The Hall–Kier alpha value is -1.63. The van der Waals surface area contributed by atoms with E-state index in [1.165, 1.54) is 11.6 Å². The third kappa shape index (κ3) is 4.48. The van der Waals surface area contributed by atoms with E-state index in [9.17, 15) is 4.79 Å². The standard InChI is InChI=1S/C15H15IN2O2/c1-18(11-8-12-6-9-17-10-7-12)15(19)5-3-13-2-4-14(16)20-13/h2-7,9-10H,8,11H2,1H3/b5-3+. The zero-order valence-electron chi connectivity index (χ0n) is 11.1. The van der Waals surface area contributed by atoms with Gasteiger partial charge in [-0.1, -0.05) is 0 Å². The molecule has 20 heavy (non-hydrogen) atoms. The SMILES string of the molecule is CN(CCc1ccncc1)C(=O)/C=C/c1ccc(I)o1. The molecule has 0 aromatic carbocycles. The first-order chi connectivity index (χ1) is 9.65. The number of hydrogen-bond acceptors (Lipinski definition) is 3. The van der Waals surface area contributed by atoms with Gasteiger partial charge < -0.3 is 9.32 Å². The fourth-order valence-corrected chi connectivity index (χ4v) is 2.09. The van der Waals surface area contributed by atoms with Gasteiger partial charge in [0.25, 0.3) is 0 Å². The van der Waals surface area contributed by atoms with Crippen molar-refractivity contribution in [2.24, 2.45) is 0 Å². The molecule has 0 saturated carbocycles. The Kier molecular flexibility index (Phi) is 5.34. The first-order valence-corrected chi connectivity index (χ1v) is 7.30. The molecule has 2 aromatic heterocycles. The van der Waals surface area contributed by atoms with Crippen molar-refractivity contribution in [2.45, 2.75) is 6.42 Å². The number of nitrogens with zero attached hydrogens (tertiary/aromatic N) is 2. The van der Waals surface area contributed by atoms with Crippen LogP contribution in [0.15, 0.2) is 47.2 Å². The molecule has 2 aromatic rings. The summed E-state index contributed by atoms with van der Waals surface area (Å²) in [7, 11) is 1.79. The number of carbonyl (C=O) groups is 1. The Balaban J connectivity index is 1.84. The highest BCUT2D eigenvalue weighted by Gasteiger charge is 2.05. The fraction of sp³-hybridized carbons (Fsp3) is 0.200. The van der Waals surface area contributed by atoms with Gasteiger partial charge in [-0.05, 0) is 64.9 Å². The summed E-state index contributed by atoms with van der Waals surface area (Å²) < 4.78 is 6.17. The van der Waals surface area contributed by atoms with Gasteiger partial charge in [-0.15, -0.1) is 0 Å². The van der Waals surface area contributed by atoms with E-state index in [0.29, 0.717) is 12.3 Å². The van der Waals surface area contributed by atoms with Crippen LogP contribution in [0.2, 0.25) is 0 Å². The van der Waals surface area contributed by atoms with Crippen LogP contribution in [0.1, 0.15) is 11.3 Å². The van der Waals surface area contributed by atoms with Gasteiger partial charge in [-0.25, -0.2) is 0 Å². The minimum atomic E-state index is -0.0366. The van der Waals surface area contributed by atoms with E-state index >= 15 is 0 Å². The van der Waals surface area contributed by atoms with E-state index in [4.69, 9.17) is 4.42 Å². The smallest absolute Gasteiger partial charge is 0.246 e. The number of rotatable bonds is 5. The third-order valence-corrected chi connectivity index (χ3v) is 3.43. The van der Waals surface area contributed by atoms with E-state index in [1.54, 1.807) is 30.4 Å². The lowest BCUT2D eigenvalue weighted by molar-refractivity contribution is -0.124. The summed E-state index contributed by atoms with van der Waals surface area (Å²) in [6.45, 7) is 0.670. The molecule has 0 fully saturated rings. The molecule has 2 rings (SSSR count). The van der Waals surface area contributed by atoms with Crippen LogP contribution in [0.4, 0.5) is 0 Å². The normalized spacial score (nSPS) is 10.9. The molecule has 2 heterocycles. The maximum Gasteiger partial charge on any atom is 0.246 e. The van der Waals surface area contributed by atoms with Gasteiger partial charge in [0.2, 0.25) is 5.91 Å². The van der Waals surface area contributed by atoms with Crippen molar-refractivity contribution < 1.29 is 9.21 Å². The molecule has 0 aliphatic carbocycles. The van der Waals surface area contributed by atoms with Crippen molar-refractivity contribution in [1.29, 1.82) is 0 Å². The molecular weight excluding hydrogens is 367 g/mol. The summed E-state index contributed by atoms with van der Waals surface area (Å²) in [6.07, 6.45) is 7.55. The largest absolute Gasteiger partial charge is 0.451 e.